The summed E-state index contributed by atoms with van der Waals surface area (Å²) in [7, 11) is 0. The van der Waals surface area contributed by atoms with Gasteiger partial charge in [0.05, 0.1) is 16.7 Å². The summed E-state index contributed by atoms with van der Waals surface area (Å²) in [4.78, 5) is 2.44. The number of rotatable bonds is 8. The first-order valence-electron chi connectivity index (χ1n) is 19.2. The highest BCUT2D eigenvalue weighted by Crippen LogP contribution is 2.45. The molecule has 0 saturated heterocycles. The molecule has 0 radical (unpaired) electrons. The lowest BCUT2D eigenvalue weighted by Crippen LogP contribution is -2.12. The second kappa shape index (κ2) is 14.4. The first-order chi connectivity index (χ1) is 27.8. The maximum absolute atomic E-state index is 2.44. The fourth-order valence-electron chi connectivity index (χ4n) is 8.19. The van der Waals surface area contributed by atoms with Crippen molar-refractivity contribution in [2.75, 3.05) is 4.90 Å². The van der Waals surface area contributed by atoms with E-state index in [1.165, 1.54) is 44.1 Å². The van der Waals surface area contributed by atoms with Gasteiger partial charge in [-0.05, 0) is 93.5 Å². The molecule has 10 aromatic rings. The maximum Gasteiger partial charge on any atom is 0.0561 e. The molecule has 0 aliphatic carbocycles. The summed E-state index contributed by atoms with van der Waals surface area (Å²) in [5.74, 6) is 0. The molecule has 264 valence electrons. The lowest BCUT2D eigenvalue weighted by molar-refractivity contribution is 1.18. The Balaban J connectivity index is 1.24. The molecule has 0 N–H and O–H groups in total. The number of para-hydroxylation sites is 2. The summed E-state index contributed by atoms with van der Waals surface area (Å²) in [5.41, 5.74) is 16.2. The van der Waals surface area contributed by atoms with Crippen LogP contribution in [0.25, 0.3) is 72.0 Å². The Kier molecular flexibility index (Phi) is 8.55. The van der Waals surface area contributed by atoms with E-state index in [1.807, 2.05) is 0 Å². The third-order valence-corrected chi connectivity index (χ3v) is 10.8. The Bertz CT molecular complexity index is 2950. The molecule has 1 heterocycles. The Morgan fingerprint density at radius 3 is 1.54 bits per heavy atom. The molecule has 56 heavy (non-hydrogen) atoms. The zero-order valence-electron chi connectivity index (χ0n) is 30.8. The van der Waals surface area contributed by atoms with E-state index < -0.39 is 0 Å². The molecule has 0 atom stereocenters. The Labute approximate surface area is 327 Å². The normalized spacial score (nSPS) is 11.2. The van der Waals surface area contributed by atoms with Crippen molar-refractivity contribution in [1.29, 1.82) is 0 Å². The average Bonchev–Trinajstić information content (AvgIpc) is 3.61. The number of hydrogen-bond acceptors (Lipinski definition) is 1. The van der Waals surface area contributed by atoms with Crippen molar-refractivity contribution in [3.05, 3.63) is 231 Å². The van der Waals surface area contributed by atoms with Crippen molar-refractivity contribution >= 4 is 38.9 Å². The summed E-state index contributed by atoms with van der Waals surface area (Å²) in [6.45, 7) is 0. The summed E-state index contributed by atoms with van der Waals surface area (Å²) in [5, 5.41) is 2.46. The highest BCUT2D eigenvalue weighted by molar-refractivity contribution is 6.10. The van der Waals surface area contributed by atoms with Crippen LogP contribution in [0.5, 0.6) is 0 Å². The van der Waals surface area contributed by atoms with Gasteiger partial charge in [-0.15, -0.1) is 0 Å². The Morgan fingerprint density at radius 2 is 0.821 bits per heavy atom. The molecule has 9 aromatic carbocycles. The topological polar surface area (TPSA) is 8.17 Å². The van der Waals surface area contributed by atoms with E-state index in [0.29, 0.717) is 0 Å². The molecule has 0 spiro atoms. The van der Waals surface area contributed by atoms with Gasteiger partial charge in [-0.3, -0.25) is 0 Å². The van der Waals surface area contributed by atoms with Gasteiger partial charge in [0.15, 0.2) is 0 Å². The summed E-state index contributed by atoms with van der Waals surface area (Å²) in [6.07, 6.45) is 0. The minimum atomic E-state index is 1.08. The van der Waals surface area contributed by atoms with Crippen molar-refractivity contribution in [1.82, 2.24) is 4.57 Å². The Hall–Kier alpha value is -7.42. The van der Waals surface area contributed by atoms with E-state index in [0.717, 1.165) is 45.0 Å². The number of hydrogen-bond donors (Lipinski definition) is 0. The predicted octanol–water partition coefficient (Wildman–Crippen LogP) is 14.9. The molecule has 2 heteroatoms. The van der Waals surface area contributed by atoms with Gasteiger partial charge in [0, 0.05) is 33.4 Å². The van der Waals surface area contributed by atoms with Crippen LogP contribution in [0.3, 0.4) is 0 Å². The fraction of sp³-hybridized carbons (Fsp3) is 0. The van der Waals surface area contributed by atoms with Crippen LogP contribution in [-0.4, -0.2) is 4.57 Å². The van der Waals surface area contributed by atoms with Crippen LogP contribution in [-0.2, 0) is 0 Å². The number of aromatic nitrogens is 1. The van der Waals surface area contributed by atoms with Gasteiger partial charge >= 0.3 is 0 Å². The van der Waals surface area contributed by atoms with Crippen molar-refractivity contribution in [3.8, 4) is 50.2 Å². The molecule has 1 aromatic heterocycles. The lowest BCUT2D eigenvalue weighted by Gasteiger charge is -2.29. The molecule has 0 aliphatic rings. The molecule has 0 saturated carbocycles. The Morgan fingerprint density at radius 1 is 0.286 bits per heavy atom. The van der Waals surface area contributed by atoms with Crippen LogP contribution in [0.2, 0.25) is 0 Å². The largest absolute Gasteiger partial charge is 0.310 e. The van der Waals surface area contributed by atoms with E-state index in [2.05, 4.69) is 240 Å². The minimum absolute atomic E-state index is 1.08. The predicted molar refractivity (Wildman–Crippen MR) is 237 cm³/mol. The number of fused-ring (bicyclic) bond motifs is 3. The molecule has 2 nitrogen and oxygen atoms in total. The molecular formula is C54H38N2. The summed E-state index contributed by atoms with van der Waals surface area (Å²) < 4.78 is 2.40. The van der Waals surface area contributed by atoms with Gasteiger partial charge < -0.3 is 9.47 Å². The molecule has 0 bridgehead atoms. The van der Waals surface area contributed by atoms with E-state index in [1.54, 1.807) is 0 Å². The summed E-state index contributed by atoms with van der Waals surface area (Å²) >= 11 is 0. The van der Waals surface area contributed by atoms with E-state index in [-0.39, 0.29) is 0 Å². The van der Waals surface area contributed by atoms with Gasteiger partial charge in [-0.2, -0.15) is 0 Å². The molecule has 0 unspecified atom stereocenters. The van der Waals surface area contributed by atoms with Crippen LogP contribution in [0, 0.1) is 0 Å². The van der Waals surface area contributed by atoms with Crippen LogP contribution < -0.4 is 4.90 Å². The first kappa shape index (κ1) is 33.2. The highest BCUT2D eigenvalue weighted by atomic mass is 15.1. The third-order valence-electron chi connectivity index (χ3n) is 10.8. The molecule has 10 rings (SSSR count). The van der Waals surface area contributed by atoms with Gasteiger partial charge in [0.1, 0.15) is 0 Å². The van der Waals surface area contributed by atoms with Crippen LogP contribution >= 0.6 is 0 Å². The fourth-order valence-corrected chi connectivity index (χ4v) is 8.19. The SMILES string of the molecule is c1ccc(-c2ccc(N(c3cccc(-c4ccccc4-c4ccccc4)c3)c3ccc4c5ccccc5n(-c5ccccc5)c4c3)c(-c3ccccc3)c2)cc1. The number of nitrogens with zero attached hydrogens (tertiary/aromatic N) is 2. The van der Waals surface area contributed by atoms with Crippen molar-refractivity contribution < 1.29 is 0 Å². The molecule has 0 fully saturated rings. The molecule has 0 aliphatic heterocycles. The third kappa shape index (κ3) is 6.04. The lowest BCUT2D eigenvalue weighted by atomic mass is 9.93. The van der Waals surface area contributed by atoms with Crippen molar-refractivity contribution in [2.24, 2.45) is 0 Å². The maximum atomic E-state index is 2.44. The smallest absolute Gasteiger partial charge is 0.0561 e. The van der Waals surface area contributed by atoms with Crippen LogP contribution in [0.1, 0.15) is 0 Å². The van der Waals surface area contributed by atoms with Gasteiger partial charge in [-0.25, -0.2) is 0 Å². The zero-order chi connectivity index (χ0) is 37.3. The second-order valence-corrected chi connectivity index (χ2v) is 14.2. The standard InChI is InChI=1S/C54H38N2/c1-5-18-39(19-6-1)42-32-35-53(51(37-42)41-22-9-3-10-23-41)55(45-27-17-24-43(36-45)48-29-14-13-28-47(48)40-20-7-2-8-21-40)46-33-34-50-49-30-15-16-31-52(49)56(54(50)38-46)44-25-11-4-12-26-44/h1-38H. The molecule has 0 amide bonds. The highest BCUT2D eigenvalue weighted by Gasteiger charge is 2.21. The quantitative estimate of drug-likeness (QED) is 0.152. The number of benzene rings is 9. The molecular weight excluding hydrogens is 677 g/mol. The second-order valence-electron chi connectivity index (χ2n) is 14.2. The first-order valence-corrected chi connectivity index (χ1v) is 19.2. The zero-order valence-corrected chi connectivity index (χ0v) is 30.8. The van der Waals surface area contributed by atoms with E-state index in [9.17, 15) is 0 Å². The monoisotopic (exact) mass is 714 g/mol. The number of anilines is 3. The van der Waals surface area contributed by atoms with Crippen LogP contribution in [0.4, 0.5) is 17.1 Å². The average molecular weight is 715 g/mol. The van der Waals surface area contributed by atoms with Crippen molar-refractivity contribution in [3.63, 3.8) is 0 Å². The minimum Gasteiger partial charge on any atom is -0.310 e. The van der Waals surface area contributed by atoms with Gasteiger partial charge in [0.2, 0.25) is 0 Å². The van der Waals surface area contributed by atoms with Gasteiger partial charge in [0.25, 0.3) is 0 Å². The van der Waals surface area contributed by atoms with Crippen LogP contribution in [0.15, 0.2) is 231 Å². The summed E-state index contributed by atoms with van der Waals surface area (Å²) in [6, 6.07) is 83.2. The van der Waals surface area contributed by atoms with E-state index >= 15 is 0 Å². The van der Waals surface area contributed by atoms with E-state index in [4.69, 9.17) is 0 Å². The van der Waals surface area contributed by atoms with Gasteiger partial charge in [-0.1, -0.05) is 176 Å². The van der Waals surface area contributed by atoms with Crippen molar-refractivity contribution in [2.45, 2.75) is 0 Å².